The zero-order valence-corrected chi connectivity index (χ0v) is 15.5. The molecule has 2 aromatic rings. The summed E-state index contributed by atoms with van der Waals surface area (Å²) in [6, 6.07) is 15.5. The number of rotatable bonds is 5. The summed E-state index contributed by atoms with van der Waals surface area (Å²) in [6.45, 7) is 6.26. The zero-order valence-electron chi connectivity index (χ0n) is 15.5. The van der Waals surface area contributed by atoms with Gasteiger partial charge in [0.15, 0.2) is 6.10 Å². The molecule has 0 radical (unpaired) electrons. The third kappa shape index (κ3) is 3.79. The second kappa shape index (κ2) is 7.73. The van der Waals surface area contributed by atoms with E-state index in [2.05, 4.69) is 50.4 Å². The average molecular weight is 351 g/mol. The van der Waals surface area contributed by atoms with Crippen molar-refractivity contribution in [1.82, 2.24) is 5.32 Å². The number of ether oxygens (including phenoxy) is 1. The van der Waals surface area contributed by atoms with Gasteiger partial charge in [-0.3, -0.25) is 4.79 Å². The van der Waals surface area contributed by atoms with Crippen LogP contribution in [0.15, 0.2) is 48.5 Å². The standard InChI is InChI=1S/C22H25NO3/c1-4-15-9-11-16(12-10-15)20(14(2)3)23-21(24)19-13-17-7-5-6-8-18(17)22(25)26-19/h5-12,14,19-20H,4,13H2,1-3H3,(H,23,24). The van der Waals surface area contributed by atoms with E-state index in [4.69, 9.17) is 4.74 Å². The van der Waals surface area contributed by atoms with Gasteiger partial charge in [0.25, 0.3) is 5.91 Å². The van der Waals surface area contributed by atoms with Gasteiger partial charge in [0.2, 0.25) is 0 Å². The number of carbonyl (C=O) groups excluding carboxylic acids is 2. The zero-order chi connectivity index (χ0) is 18.7. The third-order valence-electron chi connectivity index (χ3n) is 4.90. The van der Waals surface area contributed by atoms with Crippen molar-refractivity contribution in [3.05, 3.63) is 70.8 Å². The summed E-state index contributed by atoms with van der Waals surface area (Å²) in [6.07, 6.45) is 0.609. The number of aryl methyl sites for hydroxylation is 1. The highest BCUT2D eigenvalue weighted by atomic mass is 16.5. The molecule has 3 rings (SSSR count). The van der Waals surface area contributed by atoms with Crippen molar-refractivity contribution in [2.75, 3.05) is 0 Å². The molecule has 1 aliphatic heterocycles. The minimum absolute atomic E-state index is 0.121. The van der Waals surface area contributed by atoms with Crippen molar-refractivity contribution < 1.29 is 14.3 Å². The Morgan fingerprint density at radius 3 is 2.50 bits per heavy atom. The van der Waals surface area contributed by atoms with E-state index in [-0.39, 0.29) is 17.9 Å². The fraction of sp³-hybridized carbons (Fsp3) is 0.364. The molecule has 2 atom stereocenters. The van der Waals surface area contributed by atoms with Crippen LogP contribution in [0.2, 0.25) is 0 Å². The van der Waals surface area contributed by atoms with Crippen molar-refractivity contribution in [3.63, 3.8) is 0 Å². The van der Waals surface area contributed by atoms with E-state index in [1.54, 1.807) is 12.1 Å². The molecule has 1 amide bonds. The quantitative estimate of drug-likeness (QED) is 0.833. The lowest BCUT2D eigenvalue weighted by Crippen LogP contribution is -2.44. The topological polar surface area (TPSA) is 55.4 Å². The van der Waals surface area contributed by atoms with Crippen LogP contribution in [0.4, 0.5) is 0 Å². The second-order valence-electron chi connectivity index (χ2n) is 7.08. The van der Waals surface area contributed by atoms with Gasteiger partial charge in [-0.05, 0) is 35.1 Å². The molecule has 0 bridgehead atoms. The Morgan fingerprint density at radius 2 is 1.85 bits per heavy atom. The number of cyclic esters (lactones) is 1. The number of benzene rings is 2. The molecule has 0 saturated carbocycles. The number of fused-ring (bicyclic) bond motifs is 1. The van der Waals surface area contributed by atoms with Crippen LogP contribution in [-0.2, 0) is 22.4 Å². The van der Waals surface area contributed by atoms with Gasteiger partial charge in [-0.25, -0.2) is 4.79 Å². The monoisotopic (exact) mass is 351 g/mol. The van der Waals surface area contributed by atoms with E-state index in [0.717, 1.165) is 17.5 Å². The predicted molar refractivity (Wildman–Crippen MR) is 101 cm³/mol. The third-order valence-corrected chi connectivity index (χ3v) is 4.90. The van der Waals surface area contributed by atoms with Crippen LogP contribution in [0.1, 0.15) is 53.9 Å². The lowest BCUT2D eigenvalue weighted by atomic mass is 9.93. The molecule has 1 aliphatic rings. The van der Waals surface area contributed by atoms with Crippen LogP contribution >= 0.6 is 0 Å². The molecular formula is C22H25NO3. The fourth-order valence-electron chi connectivity index (χ4n) is 3.32. The Labute approximate surface area is 154 Å². The molecule has 1 N–H and O–H groups in total. The molecule has 2 unspecified atom stereocenters. The molecule has 1 heterocycles. The number of amides is 1. The van der Waals surface area contributed by atoms with Gasteiger partial charge in [-0.1, -0.05) is 63.2 Å². The second-order valence-corrected chi connectivity index (χ2v) is 7.08. The number of esters is 1. The van der Waals surface area contributed by atoms with E-state index in [0.29, 0.717) is 12.0 Å². The molecule has 26 heavy (non-hydrogen) atoms. The summed E-state index contributed by atoms with van der Waals surface area (Å²) >= 11 is 0. The summed E-state index contributed by atoms with van der Waals surface area (Å²) in [5, 5.41) is 3.08. The number of hydrogen-bond donors (Lipinski definition) is 1. The van der Waals surface area contributed by atoms with Crippen LogP contribution in [0.3, 0.4) is 0 Å². The van der Waals surface area contributed by atoms with Gasteiger partial charge in [0, 0.05) is 6.42 Å². The molecule has 0 aromatic heterocycles. The van der Waals surface area contributed by atoms with Crippen LogP contribution in [0.25, 0.3) is 0 Å². The first-order valence-corrected chi connectivity index (χ1v) is 9.17. The Balaban J connectivity index is 1.75. The normalized spacial score (nSPS) is 17.4. The van der Waals surface area contributed by atoms with E-state index in [1.807, 2.05) is 12.1 Å². The van der Waals surface area contributed by atoms with Gasteiger partial charge in [0.05, 0.1) is 11.6 Å². The van der Waals surface area contributed by atoms with Crippen LogP contribution in [0.5, 0.6) is 0 Å². The molecular weight excluding hydrogens is 326 g/mol. The maximum absolute atomic E-state index is 12.8. The number of carbonyl (C=O) groups is 2. The van der Waals surface area contributed by atoms with Gasteiger partial charge in [0.1, 0.15) is 0 Å². The molecule has 0 saturated heterocycles. The van der Waals surface area contributed by atoms with Gasteiger partial charge < -0.3 is 10.1 Å². The SMILES string of the molecule is CCc1ccc(C(NC(=O)C2Cc3ccccc3C(=O)O2)C(C)C)cc1. The molecule has 2 aromatic carbocycles. The molecule has 0 aliphatic carbocycles. The smallest absolute Gasteiger partial charge is 0.339 e. The molecule has 4 nitrogen and oxygen atoms in total. The lowest BCUT2D eigenvalue weighted by Gasteiger charge is -2.28. The highest BCUT2D eigenvalue weighted by molar-refractivity contribution is 5.95. The molecule has 0 fully saturated rings. The van der Waals surface area contributed by atoms with Crippen molar-refractivity contribution in [2.24, 2.45) is 5.92 Å². The molecule has 136 valence electrons. The van der Waals surface area contributed by atoms with E-state index >= 15 is 0 Å². The summed E-state index contributed by atoms with van der Waals surface area (Å²) in [5.41, 5.74) is 3.73. The average Bonchev–Trinajstić information content (AvgIpc) is 2.65. The minimum atomic E-state index is -0.784. The van der Waals surface area contributed by atoms with E-state index in [9.17, 15) is 9.59 Å². The van der Waals surface area contributed by atoms with E-state index in [1.165, 1.54) is 5.56 Å². The number of nitrogens with one attached hydrogen (secondary N) is 1. The highest BCUT2D eigenvalue weighted by Gasteiger charge is 2.32. The molecule has 4 heteroatoms. The molecule has 0 spiro atoms. The Bertz CT molecular complexity index is 795. The van der Waals surface area contributed by atoms with Crippen molar-refractivity contribution in [1.29, 1.82) is 0 Å². The lowest BCUT2D eigenvalue weighted by molar-refractivity contribution is -0.131. The maximum atomic E-state index is 12.8. The van der Waals surface area contributed by atoms with Crippen molar-refractivity contribution in [2.45, 2.75) is 45.8 Å². The fourth-order valence-corrected chi connectivity index (χ4v) is 3.32. The Kier molecular flexibility index (Phi) is 5.40. The Morgan fingerprint density at radius 1 is 1.15 bits per heavy atom. The van der Waals surface area contributed by atoms with Crippen molar-refractivity contribution >= 4 is 11.9 Å². The Hall–Kier alpha value is -2.62. The number of hydrogen-bond acceptors (Lipinski definition) is 3. The van der Waals surface area contributed by atoms with Crippen LogP contribution in [0, 0.1) is 5.92 Å². The largest absolute Gasteiger partial charge is 0.448 e. The predicted octanol–water partition coefficient (Wildman–Crippen LogP) is 3.84. The summed E-state index contributed by atoms with van der Waals surface area (Å²) < 4.78 is 5.38. The summed E-state index contributed by atoms with van der Waals surface area (Å²) in [4.78, 5) is 24.9. The van der Waals surface area contributed by atoms with Crippen LogP contribution < -0.4 is 5.32 Å². The maximum Gasteiger partial charge on any atom is 0.339 e. The van der Waals surface area contributed by atoms with Gasteiger partial charge in [-0.15, -0.1) is 0 Å². The van der Waals surface area contributed by atoms with Gasteiger partial charge in [-0.2, -0.15) is 0 Å². The van der Waals surface area contributed by atoms with E-state index < -0.39 is 12.1 Å². The first kappa shape index (κ1) is 18.2. The first-order valence-electron chi connectivity index (χ1n) is 9.17. The summed E-state index contributed by atoms with van der Waals surface area (Å²) in [5.74, 6) is -0.454. The van der Waals surface area contributed by atoms with Gasteiger partial charge >= 0.3 is 5.97 Å². The van der Waals surface area contributed by atoms with Crippen LogP contribution in [-0.4, -0.2) is 18.0 Å². The minimum Gasteiger partial charge on any atom is -0.448 e. The highest BCUT2D eigenvalue weighted by Crippen LogP contribution is 2.25. The first-order chi connectivity index (χ1) is 12.5. The van der Waals surface area contributed by atoms with Crippen molar-refractivity contribution in [3.8, 4) is 0 Å². The summed E-state index contributed by atoms with van der Waals surface area (Å²) in [7, 11) is 0.